The summed E-state index contributed by atoms with van der Waals surface area (Å²) in [5, 5.41) is 3.22. The van der Waals surface area contributed by atoms with E-state index in [0.717, 1.165) is 45.8 Å². The van der Waals surface area contributed by atoms with Gasteiger partial charge < -0.3 is 10.1 Å². The van der Waals surface area contributed by atoms with Gasteiger partial charge in [-0.15, -0.1) is 0 Å². The molecule has 1 aliphatic heterocycles. The molecule has 1 aromatic rings. The lowest BCUT2D eigenvalue weighted by Gasteiger charge is -2.30. The second-order valence-electron chi connectivity index (χ2n) is 7.19. The van der Waals surface area contributed by atoms with Crippen LogP contribution in [0.5, 0.6) is 0 Å². The number of amides is 1. The van der Waals surface area contributed by atoms with Gasteiger partial charge in [-0.3, -0.25) is 9.69 Å². The van der Waals surface area contributed by atoms with E-state index in [4.69, 9.17) is 4.74 Å². The maximum absolute atomic E-state index is 12.3. The zero-order valence-electron chi connectivity index (χ0n) is 14.6. The first-order valence-corrected chi connectivity index (χ1v) is 9.41. The molecule has 1 N–H and O–H groups in total. The number of nitrogens with zero attached hydrogens (tertiary/aromatic N) is 1. The molecule has 2 fully saturated rings. The lowest BCUT2D eigenvalue weighted by atomic mass is 9.79. The highest BCUT2D eigenvalue weighted by Crippen LogP contribution is 2.40. The van der Waals surface area contributed by atoms with Crippen molar-refractivity contribution in [2.24, 2.45) is 0 Å². The van der Waals surface area contributed by atoms with Gasteiger partial charge >= 0.3 is 0 Å². The van der Waals surface area contributed by atoms with Crippen molar-refractivity contribution in [1.29, 1.82) is 0 Å². The molecule has 2 aliphatic rings. The van der Waals surface area contributed by atoms with Gasteiger partial charge in [0.05, 0.1) is 13.2 Å². The maximum Gasteiger partial charge on any atom is 0.220 e. The summed E-state index contributed by atoms with van der Waals surface area (Å²) >= 11 is 0. The first kappa shape index (κ1) is 17.4. The van der Waals surface area contributed by atoms with E-state index in [1.165, 1.54) is 31.2 Å². The Kier molecular flexibility index (Phi) is 6.27. The maximum atomic E-state index is 12.3. The third kappa shape index (κ3) is 4.58. The zero-order chi connectivity index (χ0) is 16.7. The van der Waals surface area contributed by atoms with Crippen LogP contribution < -0.4 is 5.32 Å². The zero-order valence-corrected chi connectivity index (χ0v) is 14.6. The van der Waals surface area contributed by atoms with Gasteiger partial charge in [-0.1, -0.05) is 43.2 Å². The molecule has 0 atom stereocenters. The number of carbonyl (C=O) groups is 1. The summed E-state index contributed by atoms with van der Waals surface area (Å²) in [5.41, 5.74) is 1.54. The Hall–Kier alpha value is -1.39. The highest BCUT2D eigenvalue weighted by molar-refractivity contribution is 5.76. The standard InChI is InChI=1S/C20H30N2O2/c23-19(9-6-12-22-13-15-24-16-14-22)21-17-20(10-4-5-11-20)18-7-2-1-3-8-18/h1-3,7-8H,4-6,9-17H2,(H,21,23). The lowest BCUT2D eigenvalue weighted by molar-refractivity contribution is -0.121. The van der Waals surface area contributed by atoms with E-state index in [1.807, 2.05) is 0 Å². The SMILES string of the molecule is O=C(CCCN1CCOCC1)NCC1(c2ccccc2)CCCC1. The molecule has 24 heavy (non-hydrogen) atoms. The summed E-state index contributed by atoms with van der Waals surface area (Å²) in [6.45, 7) is 5.43. The van der Waals surface area contributed by atoms with Crippen molar-refractivity contribution in [3.63, 3.8) is 0 Å². The van der Waals surface area contributed by atoms with Gasteiger partial charge in [0.25, 0.3) is 0 Å². The van der Waals surface area contributed by atoms with Crippen LogP contribution in [0, 0.1) is 0 Å². The van der Waals surface area contributed by atoms with E-state index >= 15 is 0 Å². The summed E-state index contributed by atoms with van der Waals surface area (Å²) in [6, 6.07) is 10.7. The quantitative estimate of drug-likeness (QED) is 0.836. The minimum atomic E-state index is 0.154. The number of hydrogen-bond donors (Lipinski definition) is 1. The summed E-state index contributed by atoms with van der Waals surface area (Å²) < 4.78 is 5.35. The Morgan fingerprint density at radius 1 is 1.12 bits per heavy atom. The minimum Gasteiger partial charge on any atom is -0.379 e. The molecule has 4 heteroatoms. The van der Waals surface area contributed by atoms with Gasteiger partial charge in [0.15, 0.2) is 0 Å². The van der Waals surface area contributed by atoms with Gasteiger partial charge in [-0.05, 0) is 31.4 Å². The van der Waals surface area contributed by atoms with Crippen LogP contribution in [0.3, 0.4) is 0 Å². The van der Waals surface area contributed by atoms with E-state index < -0.39 is 0 Å². The largest absolute Gasteiger partial charge is 0.379 e. The van der Waals surface area contributed by atoms with Crippen molar-refractivity contribution < 1.29 is 9.53 Å². The number of ether oxygens (including phenoxy) is 1. The summed E-state index contributed by atoms with van der Waals surface area (Å²) in [4.78, 5) is 14.6. The van der Waals surface area contributed by atoms with Gasteiger partial charge in [0.1, 0.15) is 0 Å². The predicted molar refractivity (Wildman–Crippen MR) is 96.1 cm³/mol. The monoisotopic (exact) mass is 330 g/mol. The Labute approximate surface area is 145 Å². The molecule has 4 nitrogen and oxygen atoms in total. The molecular formula is C20H30N2O2. The number of carbonyl (C=O) groups excluding carboxylic acids is 1. The molecule has 1 heterocycles. The van der Waals surface area contributed by atoms with E-state index in [1.54, 1.807) is 0 Å². The molecule has 132 valence electrons. The molecule has 1 aliphatic carbocycles. The predicted octanol–water partition coefficient (Wildman–Crippen LogP) is 2.73. The van der Waals surface area contributed by atoms with Crippen LogP contribution in [-0.4, -0.2) is 50.2 Å². The van der Waals surface area contributed by atoms with Crippen molar-refractivity contribution in [3.8, 4) is 0 Å². The molecule has 1 saturated heterocycles. The highest BCUT2D eigenvalue weighted by Gasteiger charge is 2.35. The molecular weight excluding hydrogens is 300 g/mol. The van der Waals surface area contributed by atoms with Crippen molar-refractivity contribution in [2.75, 3.05) is 39.4 Å². The summed E-state index contributed by atoms with van der Waals surface area (Å²) in [6.07, 6.45) is 6.46. The minimum absolute atomic E-state index is 0.154. The van der Waals surface area contributed by atoms with Crippen LogP contribution in [0.2, 0.25) is 0 Å². The van der Waals surface area contributed by atoms with Crippen LogP contribution in [0.25, 0.3) is 0 Å². The van der Waals surface area contributed by atoms with Gasteiger partial charge in [-0.2, -0.15) is 0 Å². The molecule has 1 aromatic carbocycles. The smallest absolute Gasteiger partial charge is 0.220 e. The molecule has 0 unspecified atom stereocenters. The van der Waals surface area contributed by atoms with Crippen LogP contribution in [0.1, 0.15) is 44.1 Å². The second-order valence-corrected chi connectivity index (χ2v) is 7.19. The Morgan fingerprint density at radius 3 is 2.54 bits per heavy atom. The molecule has 0 radical (unpaired) electrons. The highest BCUT2D eigenvalue weighted by atomic mass is 16.5. The number of benzene rings is 1. The average Bonchev–Trinajstić information content (AvgIpc) is 3.12. The molecule has 3 rings (SSSR count). The Morgan fingerprint density at radius 2 is 1.83 bits per heavy atom. The molecule has 1 amide bonds. The topological polar surface area (TPSA) is 41.6 Å². The fraction of sp³-hybridized carbons (Fsp3) is 0.650. The second kappa shape index (κ2) is 8.63. The Balaban J connectivity index is 1.44. The van der Waals surface area contributed by atoms with Crippen molar-refractivity contribution in [2.45, 2.75) is 43.9 Å². The van der Waals surface area contributed by atoms with Crippen LogP contribution >= 0.6 is 0 Å². The van der Waals surface area contributed by atoms with Gasteiger partial charge in [0.2, 0.25) is 5.91 Å². The Bertz CT molecular complexity index is 506. The number of hydrogen-bond acceptors (Lipinski definition) is 3. The van der Waals surface area contributed by atoms with Crippen LogP contribution in [0.15, 0.2) is 30.3 Å². The fourth-order valence-electron chi connectivity index (χ4n) is 4.06. The van der Waals surface area contributed by atoms with E-state index in [-0.39, 0.29) is 11.3 Å². The molecule has 0 bridgehead atoms. The summed E-state index contributed by atoms with van der Waals surface area (Å²) in [7, 11) is 0. The first-order valence-electron chi connectivity index (χ1n) is 9.41. The number of morpholine rings is 1. The van der Waals surface area contributed by atoms with Crippen LogP contribution in [-0.2, 0) is 14.9 Å². The number of nitrogens with one attached hydrogen (secondary N) is 1. The molecule has 0 aromatic heterocycles. The molecule has 0 spiro atoms. The third-order valence-corrected chi connectivity index (χ3v) is 5.55. The van der Waals surface area contributed by atoms with Crippen LogP contribution in [0.4, 0.5) is 0 Å². The van der Waals surface area contributed by atoms with Crippen molar-refractivity contribution in [1.82, 2.24) is 10.2 Å². The normalized spacial score (nSPS) is 20.8. The van der Waals surface area contributed by atoms with Gasteiger partial charge in [-0.25, -0.2) is 0 Å². The lowest BCUT2D eigenvalue weighted by Crippen LogP contribution is -2.40. The van der Waals surface area contributed by atoms with Gasteiger partial charge in [0, 0.05) is 31.5 Å². The molecule has 1 saturated carbocycles. The average molecular weight is 330 g/mol. The van der Waals surface area contributed by atoms with E-state index in [0.29, 0.717) is 6.42 Å². The number of rotatable bonds is 7. The van der Waals surface area contributed by atoms with Crippen molar-refractivity contribution >= 4 is 5.91 Å². The first-order chi connectivity index (χ1) is 11.8. The fourth-order valence-corrected chi connectivity index (χ4v) is 4.06. The third-order valence-electron chi connectivity index (χ3n) is 5.55. The summed E-state index contributed by atoms with van der Waals surface area (Å²) in [5.74, 6) is 0.200. The van der Waals surface area contributed by atoms with Crippen molar-refractivity contribution in [3.05, 3.63) is 35.9 Å². The van der Waals surface area contributed by atoms with E-state index in [2.05, 4.69) is 40.5 Å². The van der Waals surface area contributed by atoms with E-state index in [9.17, 15) is 4.79 Å².